The van der Waals surface area contributed by atoms with Gasteiger partial charge in [0.1, 0.15) is 0 Å². The van der Waals surface area contributed by atoms with E-state index in [-0.39, 0.29) is 6.42 Å². The topological polar surface area (TPSA) is 53.1 Å². The molecular formula is C11H9BrClNO2. The Morgan fingerprint density at radius 1 is 1.50 bits per heavy atom. The molecule has 1 aromatic heterocycles. The van der Waals surface area contributed by atoms with Gasteiger partial charge in [-0.25, -0.2) is 0 Å². The van der Waals surface area contributed by atoms with Gasteiger partial charge in [-0.05, 0) is 40.0 Å². The van der Waals surface area contributed by atoms with Gasteiger partial charge in [0.05, 0.1) is 5.02 Å². The van der Waals surface area contributed by atoms with E-state index in [0.29, 0.717) is 11.4 Å². The fourth-order valence-corrected chi connectivity index (χ4v) is 2.28. The Hall–Kier alpha value is -1.000. The lowest BCUT2D eigenvalue weighted by atomic mass is 10.1. The second-order valence-corrected chi connectivity index (χ2v) is 4.72. The molecule has 0 aliphatic rings. The van der Waals surface area contributed by atoms with Crippen LogP contribution in [0.5, 0.6) is 0 Å². The van der Waals surface area contributed by atoms with E-state index in [2.05, 4.69) is 20.9 Å². The first kappa shape index (κ1) is 11.5. The number of fused-ring (bicyclic) bond motifs is 1. The molecule has 3 nitrogen and oxygen atoms in total. The summed E-state index contributed by atoms with van der Waals surface area (Å²) in [5.74, 6) is -0.805. The van der Waals surface area contributed by atoms with Crippen molar-refractivity contribution in [1.29, 1.82) is 0 Å². The number of aryl methyl sites for hydroxylation is 1. The van der Waals surface area contributed by atoms with Crippen molar-refractivity contribution in [2.75, 3.05) is 0 Å². The molecule has 0 bridgehead atoms. The Kier molecular flexibility index (Phi) is 3.21. The van der Waals surface area contributed by atoms with Crippen molar-refractivity contribution < 1.29 is 9.90 Å². The molecule has 0 radical (unpaired) electrons. The Labute approximate surface area is 106 Å². The van der Waals surface area contributed by atoms with Gasteiger partial charge in [-0.3, -0.25) is 4.79 Å². The van der Waals surface area contributed by atoms with Crippen molar-refractivity contribution in [2.45, 2.75) is 12.8 Å². The summed E-state index contributed by atoms with van der Waals surface area (Å²) in [4.78, 5) is 13.6. The van der Waals surface area contributed by atoms with E-state index in [1.165, 1.54) is 0 Å². The number of aromatic amines is 1. The van der Waals surface area contributed by atoms with Crippen molar-refractivity contribution in [3.63, 3.8) is 0 Å². The summed E-state index contributed by atoms with van der Waals surface area (Å²) >= 11 is 9.53. The molecule has 0 fully saturated rings. The van der Waals surface area contributed by atoms with Crippen LogP contribution in [-0.4, -0.2) is 16.1 Å². The second kappa shape index (κ2) is 4.47. The third-order valence-electron chi connectivity index (χ3n) is 2.43. The van der Waals surface area contributed by atoms with Gasteiger partial charge in [0.2, 0.25) is 0 Å². The van der Waals surface area contributed by atoms with Gasteiger partial charge in [0.25, 0.3) is 0 Å². The van der Waals surface area contributed by atoms with Crippen molar-refractivity contribution in [1.82, 2.24) is 4.98 Å². The Morgan fingerprint density at radius 2 is 2.25 bits per heavy atom. The highest BCUT2D eigenvalue weighted by Gasteiger charge is 2.11. The number of carboxylic acid groups (broad SMARTS) is 1. The van der Waals surface area contributed by atoms with Crippen molar-refractivity contribution >= 4 is 44.4 Å². The van der Waals surface area contributed by atoms with Crippen molar-refractivity contribution in [2.24, 2.45) is 0 Å². The summed E-state index contributed by atoms with van der Waals surface area (Å²) in [6.07, 6.45) is 2.40. The zero-order valence-electron chi connectivity index (χ0n) is 8.26. The SMILES string of the molecule is O=C(O)CCc1c[nH]c2ccc(Br)c(Cl)c12. The lowest BCUT2D eigenvalue weighted by molar-refractivity contribution is -0.136. The maximum atomic E-state index is 10.5. The number of carbonyl (C=O) groups is 1. The zero-order valence-corrected chi connectivity index (χ0v) is 10.6. The third kappa shape index (κ3) is 2.08. The van der Waals surface area contributed by atoms with Crippen molar-refractivity contribution in [3.8, 4) is 0 Å². The second-order valence-electron chi connectivity index (χ2n) is 3.49. The van der Waals surface area contributed by atoms with E-state index >= 15 is 0 Å². The molecule has 84 valence electrons. The fourth-order valence-electron chi connectivity index (χ4n) is 1.66. The maximum absolute atomic E-state index is 10.5. The fraction of sp³-hybridized carbons (Fsp3) is 0.182. The van der Waals surface area contributed by atoms with Gasteiger partial charge in [0.15, 0.2) is 0 Å². The van der Waals surface area contributed by atoms with Crippen LogP contribution in [0.15, 0.2) is 22.8 Å². The maximum Gasteiger partial charge on any atom is 0.303 e. The third-order valence-corrected chi connectivity index (χ3v) is 3.71. The highest BCUT2D eigenvalue weighted by atomic mass is 79.9. The minimum Gasteiger partial charge on any atom is -0.481 e. The van der Waals surface area contributed by atoms with E-state index in [4.69, 9.17) is 16.7 Å². The monoisotopic (exact) mass is 301 g/mol. The number of aliphatic carboxylic acids is 1. The standard InChI is InChI=1S/C11H9BrClNO2/c12-7-2-3-8-10(11(7)13)6(5-14-8)1-4-9(15)16/h2-3,5,14H,1,4H2,(H,15,16). The van der Waals surface area contributed by atoms with Crippen LogP contribution in [0, 0.1) is 0 Å². The molecule has 16 heavy (non-hydrogen) atoms. The number of aromatic nitrogens is 1. The zero-order chi connectivity index (χ0) is 11.7. The first-order valence-corrected chi connectivity index (χ1v) is 5.92. The minimum atomic E-state index is -0.805. The van der Waals surface area contributed by atoms with Crippen LogP contribution in [0.4, 0.5) is 0 Å². The summed E-state index contributed by atoms with van der Waals surface area (Å²) in [6, 6.07) is 3.78. The molecule has 0 amide bonds. The van der Waals surface area contributed by atoms with Crippen molar-refractivity contribution in [3.05, 3.63) is 33.4 Å². The summed E-state index contributed by atoms with van der Waals surface area (Å²) < 4.78 is 0.817. The van der Waals surface area contributed by atoms with Gasteiger partial charge < -0.3 is 10.1 Å². The lowest BCUT2D eigenvalue weighted by Crippen LogP contribution is -1.96. The molecular weight excluding hydrogens is 293 g/mol. The smallest absolute Gasteiger partial charge is 0.303 e. The number of rotatable bonds is 3. The van der Waals surface area contributed by atoms with Crippen LogP contribution in [0.25, 0.3) is 10.9 Å². The number of carboxylic acids is 1. The van der Waals surface area contributed by atoms with Crippen LogP contribution >= 0.6 is 27.5 Å². The van der Waals surface area contributed by atoms with E-state index in [1.807, 2.05) is 18.3 Å². The van der Waals surface area contributed by atoms with E-state index in [1.54, 1.807) is 0 Å². The van der Waals surface area contributed by atoms with E-state index in [9.17, 15) is 4.79 Å². The summed E-state index contributed by atoms with van der Waals surface area (Å²) in [6.45, 7) is 0. The number of halogens is 2. The highest BCUT2D eigenvalue weighted by molar-refractivity contribution is 9.10. The normalized spacial score (nSPS) is 10.9. The number of hydrogen-bond acceptors (Lipinski definition) is 1. The molecule has 0 atom stereocenters. The molecule has 0 unspecified atom stereocenters. The van der Waals surface area contributed by atoms with Gasteiger partial charge >= 0.3 is 5.97 Å². The van der Waals surface area contributed by atoms with Crippen LogP contribution in [0.3, 0.4) is 0 Å². The highest BCUT2D eigenvalue weighted by Crippen LogP contribution is 2.33. The molecule has 2 aromatic rings. The first-order chi connectivity index (χ1) is 7.59. The molecule has 2 rings (SSSR count). The van der Waals surface area contributed by atoms with Crippen LogP contribution in [-0.2, 0) is 11.2 Å². The van der Waals surface area contributed by atoms with Gasteiger partial charge in [0, 0.05) is 28.0 Å². The molecule has 0 saturated heterocycles. The Morgan fingerprint density at radius 3 is 2.94 bits per heavy atom. The summed E-state index contributed by atoms with van der Waals surface area (Å²) in [7, 11) is 0. The predicted molar refractivity (Wildman–Crippen MR) is 67.0 cm³/mol. The van der Waals surface area contributed by atoms with Gasteiger partial charge in [-0.2, -0.15) is 0 Å². The number of nitrogens with one attached hydrogen (secondary N) is 1. The largest absolute Gasteiger partial charge is 0.481 e. The minimum absolute atomic E-state index is 0.107. The molecule has 0 aliphatic heterocycles. The molecule has 1 aromatic carbocycles. The summed E-state index contributed by atoms with van der Waals surface area (Å²) in [5, 5.41) is 10.2. The van der Waals surface area contributed by atoms with Crippen LogP contribution in [0.1, 0.15) is 12.0 Å². The predicted octanol–water partition coefficient (Wildman–Crippen LogP) is 3.60. The molecule has 2 N–H and O–H groups in total. The van der Waals surface area contributed by atoms with Crippen LogP contribution in [0.2, 0.25) is 5.02 Å². The quantitative estimate of drug-likeness (QED) is 0.910. The average Bonchev–Trinajstić information content (AvgIpc) is 2.64. The van der Waals surface area contributed by atoms with Crippen LogP contribution < -0.4 is 0 Å². The lowest BCUT2D eigenvalue weighted by Gasteiger charge is -2.01. The first-order valence-electron chi connectivity index (χ1n) is 4.75. The molecule has 1 heterocycles. The van der Waals surface area contributed by atoms with Gasteiger partial charge in [-0.1, -0.05) is 11.6 Å². The number of benzene rings is 1. The Bertz CT molecular complexity index is 550. The molecule has 0 saturated carbocycles. The number of H-pyrrole nitrogens is 1. The number of hydrogen-bond donors (Lipinski definition) is 2. The molecule has 5 heteroatoms. The molecule has 0 spiro atoms. The Balaban J connectivity index is 2.46. The average molecular weight is 303 g/mol. The summed E-state index contributed by atoms with van der Waals surface area (Å²) in [5.41, 5.74) is 1.86. The van der Waals surface area contributed by atoms with Gasteiger partial charge in [-0.15, -0.1) is 0 Å². The van der Waals surface area contributed by atoms with E-state index in [0.717, 1.165) is 20.9 Å². The van der Waals surface area contributed by atoms with E-state index < -0.39 is 5.97 Å². The molecule has 0 aliphatic carbocycles.